The molecule has 0 bridgehead atoms. The molecule has 25 heavy (non-hydrogen) atoms. The van der Waals surface area contributed by atoms with Crippen LogP contribution in [-0.2, 0) is 11.3 Å². The molecule has 0 atom stereocenters. The fourth-order valence-corrected chi connectivity index (χ4v) is 2.25. The van der Waals surface area contributed by atoms with Crippen molar-refractivity contribution in [3.8, 4) is 11.4 Å². The number of carboxylic acids is 1. The number of nitrogens with one attached hydrogen (secondary N) is 1. The highest BCUT2D eigenvalue weighted by molar-refractivity contribution is 5.88. The van der Waals surface area contributed by atoms with E-state index in [-0.39, 0.29) is 5.56 Å². The van der Waals surface area contributed by atoms with Gasteiger partial charge in [-0.15, -0.1) is 0 Å². The lowest BCUT2D eigenvalue weighted by molar-refractivity contribution is 0.0697. The van der Waals surface area contributed by atoms with E-state index in [1.165, 1.54) is 12.1 Å². The minimum Gasteiger partial charge on any atom is -0.478 e. The molecule has 0 saturated heterocycles. The summed E-state index contributed by atoms with van der Waals surface area (Å²) in [5.41, 5.74) is 2.47. The number of rotatable bonds is 6. The molecule has 0 aliphatic rings. The number of aromatic nitrogens is 3. The van der Waals surface area contributed by atoms with Gasteiger partial charge in [-0.2, -0.15) is 0 Å². The first kappa shape index (κ1) is 16.5. The summed E-state index contributed by atoms with van der Waals surface area (Å²) in [6.07, 6.45) is 3.38. The van der Waals surface area contributed by atoms with Crippen molar-refractivity contribution in [2.24, 2.45) is 0 Å². The second-order valence-corrected chi connectivity index (χ2v) is 5.25. The molecule has 0 unspecified atom stereocenters. The van der Waals surface area contributed by atoms with Crippen molar-refractivity contribution < 1.29 is 14.6 Å². The topological polar surface area (TPSA) is 97.2 Å². The van der Waals surface area contributed by atoms with Gasteiger partial charge in [0, 0.05) is 36.8 Å². The van der Waals surface area contributed by atoms with E-state index in [9.17, 15) is 4.79 Å². The van der Waals surface area contributed by atoms with Gasteiger partial charge in [-0.05, 0) is 36.4 Å². The van der Waals surface area contributed by atoms with Crippen LogP contribution in [0.4, 0.5) is 11.5 Å². The number of ether oxygens (including phenoxy) is 1. The Morgan fingerprint density at radius 1 is 1.20 bits per heavy atom. The van der Waals surface area contributed by atoms with Crippen molar-refractivity contribution >= 4 is 17.5 Å². The second kappa shape index (κ2) is 7.50. The summed E-state index contributed by atoms with van der Waals surface area (Å²) in [6.45, 7) is 0.350. The van der Waals surface area contributed by atoms with Crippen molar-refractivity contribution in [1.82, 2.24) is 15.0 Å². The van der Waals surface area contributed by atoms with Crippen LogP contribution in [0.1, 0.15) is 16.1 Å². The lowest BCUT2D eigenvalue weighted by atomic mass is 10.2. The Balaban J connectivity index is 1.92. The van der Waals surface area contributed by atoms with Crippen LogP contribution in [0.3, 0.4) is 0 Å². The monoisotopic (exact) mass is 336 g/mol. The van der Waals surface area contributed by atoms with Gasteiger partial charge < -0.3 is 15.2 Å². The van der Waals surface area contributed by atoms with E-state index >= 15 is 0 Å². The Bertz CT molecular complexity index is 867. The molecular weight excluding hydrogens is 320 g/mol. The zero-order valence-corrected chi connectivity index (χ0v) is 13.5. The van der Waals surface area contributed by atoms with E-state index in [0.717, 1.165) is 16.9 Å². The third-order valence-corrected chi connectivity index (χ3v) is 3.40. The Labute approximate surface area is 144 Å². The number of nitrogens with zero attached hydrogens (tertiary/aromatic N) is 3. The normalized spacial score (nSPS) is 10.4. The molecule has 0 fully saturated rings. The van der Waals surface area contributed by atoms with Gasteiger partial charge in [-0.1, -0.05) is 0 Å². The van der Waals surface area contributed by atoms with Crippen molar-refractivity contribution in [1.29, 1.82) is 0 Å². The fourth-order valence-electron chi connectivity index (χ4n) is 2.25. The first-order valence-corrected chi connectivity index (χ1v) is 7.53. The Morgan fingerprint density at radius 3 is 2.64 bits per heavy atom. The summed E-state index contributed by atoms with van der Waals surface area (Å²) in [7, 11) is 1.60. The van der Waals surface area contributed by atoms with Crippen LogP contribution in [0.25, 0.3) is 11.4 Å². The molecule has 0 spiro atoms. The Kier molecular flexibility index (Phi) is 4.96. The standard InChI is InChI=1S/C18H16N4O3/c1-25-11-15-9-16(20-14-6-4-12(5-7-14)18(23)24)22-17(21-15)13-3-2-8-19-10-13/h2-10H,11H2,1H3,(H,23,24)(H,20,21,22). The fraction of sp³-hybridized carbons (Fsp3) is 0.111. The van der Waals surface area contributed by atoms with E-state index in [1.807, 2.05) is 12.1 Å². The van der Waals surface area contributed by atoms with E-state index in [1.54, 1.807) is 37.7 Å². The van der Waals surface area contributed by atoms with Crippen LogP contribution in [-0.4, -0.2) is 33.1 Å². The first-order chi connectivity index (χ1) is 12.2. The minimum absolute atomic E-state index is 0.226. The molecule has 7 heteroatoms. The minimum atomic E-state index is -0.963. The molecule has 0 aliphatic heterocycles. The van der Waals surface area contributed by atoms with Gasteiger partial charge >= 0.3 is 5.97 Å². The van der Waals surface area contributed by atoms with E-state index in [4.69, 9.17) is 9.84 Å². The summed E-state index contributed by atoms with van der Waals surface area (Å²) in [6, 6.07) is 11.9. The van der Waals surface area contributed by atoms with Gasteiger partial charge in [0.1, 0.15) is 5.82 Å². The van der Waals surface area contributed by atoms with Crippen molar-refractivity contribution in [3.05, 3.63) is 66.1 Å². The molecule has 3 aromatic rings. The molecular formula is C18H16N4O3. The summed E-state index contributed by atoms with van der Waals surface area (Å²) in [5.74, 6) is 0.158. The summed E-state index contributed by atoms with van der Waals surface area (Å²) < 4.78 is 5.17. The van der Waals surface area contributed by atoms with Crippen LogP contribution in [0.5, 0.6) is 0 Å². The number of methoxy groups -OCH3 is 1. The number of hydrogen-bond donors (Lipinski definition) is 2. The molecule has 0 amide bonds. The zero-order valence-electron chi connectivity index (χ0n) is 13.5. The summed E-state index contributed by atoms with van der Waals surface area (Å²) >= 11 is 0. The van der Waals surface area contributed by atoms with E-state index in [2.05, 4.69) is 20.3 Å². The van der Waals surface area contributed by atoms with E-state index < -0.39 is 5.97 Å². The SMILES string of the molecule is COCc1cc(Nc2ccc(C(=O)O)cc2)nc(-c2cccnc2)n1. The zero-order chi connectivity index (χ0) is 17.6. The predicted octanol–water partition coefficient (Wildman–Crippen LogP) is 3.13. The number of aromatic carboxylic acids is 1. The number of anilines is 2. The number of benzene rings is 1. The van der Waals surface area contributed by atoms with Crippen LogP contribution in [0.15, 0.2) is 54.9 Å². The predicted molar refractivity (Wildman–Crippen MR) is 92.7 cm³/mol. The molecule has 0 radical (unpaired) electrons. The maximum Gasteiger partial charge on any atom is 0.335 e. The van der Waals surface area contributed by atoms with Gasteiger partial charge in [0.15, 0.2) is 5.82 Å². The highest BCUT2D eigenvalue weighted by Crippen LogP contribution is 2.21. The van der Waals surface area contributed by atoms with Gasteiger partial charge in [0.05, 0.1) is 17.9 Å². The maximum absolute atomic E-state index is 10.9. The van der Waals surface area contributed by atoms with Crippen molar-refractivity contribution in [2.45, 2.75) is 6.61 Å². The third kappa shape index (κ3) is 4.15. The molecule has 0 saturated carbocycles. The Morgan fingerprint density at radius 2 is 2.00 bits per heavy atom. The smallest absolute Gasteiger partial charge is 0.335 e. The van der Waals surface area contributed by atoms with Crippen LogP contribution in [0.2, 0.25) is 0 Å². The highest BCUT2D eigenvalue weighted by Gasteiger charge is 2.08. The number of hydrogen-bond acceptors (Lipinski definition) is 6. The number of carbonyl (C=O) groups is 1. The van der Waals surface area contributed by atoms with Gasteiger partial charge in [0.2, 0.25) is 0 Å². The van der Waals surface area contributed by atoms with Crippen LogP contribution >= 0.6 is 0 Å². The summed E-state index contributed by atoms with van der Waals surface area (Å²) in [5, 5.41) is 12.1. The quantitative estimate of drug-likeness (QED) is 0.713. The second-order valence-electron chi connectivity index (χ2n) is 5.25. The molecule has 2 aromatic heterocycles. The molecule has 3 rings (SSSR count). The average Bonchev–Trinajstić information content (AvgIpc) is 2.63. The average molecular weight is 336 g/mol. The van der Waals surface area contributed by atoms with Crippen molar-refractivity contribution in [3.63, 3.8) is 0 Å². The van der Waals surface area contributed by atoms with Crippen molar-refractivity contribution in [2.75, 3.05) is 12.4 Å². The number of carboxylic acid groups (broad SMARTS) is 1. The molecule has 2 N–H and O–H groups in total. The first-order valence-electron chi connectivity index (χ1n) is 7.53. The van der Waals surface area contributed by atoms with Gasteiger partial charge in [0.25, 0.3) is 0 Å². The van der Waals surface area contributed by atoms with Crippen LogP contribution < -0.4 is 5.32 Å². The lowest BCUT2D eigenvalue weighted by Crippen LogP contribution is -2.03. The lowest BCUT2D eigenvalue weighted by Gasteiger charge is -2.10. The molecule has 7 nitrogen and oxygen atoms in total. The molecule has 1 aromatic carbocycles. The van der Waals surface area contributed by atoms with Crippen LogP contribution in [0, 0.1) is 0 Å². The Hall–Kier alpha value is -3.32. The summed E-state index contributed by atoms with van der Waals surface area (Å²) in [4.78, 5) is 24.0. The van der Waals surface area contributed by atoms with Gasteiger partial charge in [-0.3, -0.25) is 4.98 Å². The molecule has 126 valence electrons. The maximum atomic E-state index is 10.9. The van der Waals surface area contributed by atoms with E-state index in [0.29, 0.717) is 18.2 Å². The van der Waals surface area contributed by atoms with Gasteiger partial charge in [-0.25, -0.2) is 14.8 Å². The molecule has 2 heterocycles. The molecule has 0 aliphatic carbocycles. The largest absolute Gasteiger partial charge is 0.478 e. The third-order valence-electron chi connectivity index (χ3n) is 3.40. The number of pyridine rings is 1. The highest BCUT2D eigenvalue weighted by atomic mass is 16.5.